The van der Waals surface area contributed by atoms with E-state index in [2.05, 4.69) is 23.5 Å². The second-order valence-electron chi connectivity index (χ2n) is 4.98. The lowest BCUT2D eigenvalue weighted by atomic mass is 10.2. The minimum atomic E-state index is -3.50. The summed E-state index contributed by atoms with van der Waals surface area (Å²) in [5.74, 6) is -0.818. The molecule has 0 aliphatic rings. The van der Waals surface area contributed by atoms with E-state index < -0.39 is 15.8 Å². The Labute approximate surface area is 121 Å². The van der Waals surface area contributed by atoms with Crippen molar-refractivity contribution in [3.63, 3.8) is 0 Å². The summed E-state index contributed by atoms with van der Waals surface area (Å²) in [5, 5.41) is 0. The molecule has 0 amide bonds. The Morgan fingerprint density at radius 2 is 2.00 bits per heavy atom. The van der Waals surface area contributed by atoms with E-state index in [9.17, 15) is 12.8 Å². The van der Waals surface area contributed by atoms with Gasteiger partial charge in [-0.3, -0.25) is 0 Å². The highest BCUT2D eigenvalue weighted by molar-refractivity contribution is 7.88. The van der Waals surface area contributed by atoms with Crippen molar-refractivity contribution in [3.8, 4) is 0 Å². The molecule has 0 fully saturated rings. The van der Waals surface area contributed by atoms with Crippen LogP contribution in [0.1, 0.15) is 25.8 Å². The minimum absolute atomic E-state index is 0.190. The third kappa shape index (κ3) is 5.56. The molecule has 0 aliphatic carbocycles. The maximum Gasteiger partial charge on any atom is 0.215 e. The summed E-state index contributed by atoms with van der Waals surface area (Å²) < 4.78 is 39.7. The molecule has 0 radical (unpaired) electrons. The predicted molar refractivity (Wildman–Crippen MR) is 79.4 cm³/mol. The molecule has 0 spiro atoms. The van der Waals surface area contributed by atoms with E-state index in [0.29, 0.717) is 19.1 Å². The van der Waals surface area contributed by atoms with Crippen LogP contribution in [-0.4, -0.2) is 39.5 Å². The van der Waals surface area contributed by atoms with Crippen LogP contribution in [0.3, 0.4) is 0 Å². The number of nitrogens with one attached hydrogen (secondary N) is 1. The maximum absolute atomic E-state index is 13.4. The van der Waals surface area contributed by atoms with E-state index in [1.165, 1.54) is 12.1 Å². The average molecular weight is 302 g/mol. The fourth-order valence-electron chi connectivity index (χ4n) is 1.78. The Morgan fingerprint density at radius 3 is 2.60 bits per heavy atom. The molecule has 20 heavy (non-hydrogen) atoms. The summed E-state index contributed by atoms with van der Waals surface area (Å²) >= 11 is 0. The number of nitrogens with zero attached hydrogens (tertiary/aromatic N) is 1. The lowest BCUT2D eigenvalue weighted by Crippen LogP contribution is -2.37. The fourth-order valence-corrected chi connectivity index (χ4v) is 2.93. The second kappa shape index (κ2) is 7.71. The van der Waals surface area contributed by atoms with Gasteiger partial charge >= 0.3 is 0 Å². The molecule has 1 N–H and O–H groups in total. The highest BCUT2D eigenvalue weighted by Crippen LogP contribution is 2.09. The third-order valence-electron chi connectivity index (χ3n) is 3.43. The largest absolute Gasteiger partial charge is 0.302 e. The number of benzene rings is 1. The second-order valence-corrected chi connectivity index (χ2v) is 6.79. The first-order valence-electron chi connectivity index (χ1n) is 6.76. The molecule has 0 aromatic heterocycles. The van der Waals surface area contributed by atoms with Crippen molar-refractivity contribution in [1.82, 2.24) is 9.62 Å². The quantitative estimate of drug-likeness (QED) is 0.799. The van der Waals surface area contributed by atoms with Crippen LogP contribution in [0.15, 0.2) is 24.3 Å². The first kappa shape index (κ1) is 17.1. The Morgan fingerprint density at radius 1 is 1.35 bits per heavy atom. The number of likely N-dealkylation sites (N-methyl/N-ethyl adjacent to an activating group) is 1. The third-order valence-corrected chi connectivity index (χ3v) is 4.77. The molecule has 1 atom stereocenters. The fraction of sp³-hybridized carbons (Fsp3) is 0.571. The number of rotatable bonds is 8. The molecule has 4 nitrogen and oxygen atoms in total. The van der Waals surface area contributed by atoms with Gasteiger partial charge in [0.2, 0.25) is 10.0 Å². The average Bonchev–Trinajstić information content (AvgIpc) is 2.40. The number of hydrogen-bond acceptors (Lipinski definition) is 3. The van der Waals surface area contributed by atoms with Crippen LogP contribution in [-0.2, 0) is 15.8 Å². The molecule has 0 bridgehead atoms. The molecule has 1 rings (SSSR count). The Bertz CT molecular complexity index is 520. The summed E-state index contributed by atoms with van der Waals surface area (Å²) in [7, 11) is -1.54. The van der Waals surface area contributed by atoms with Crippen molar-refractivity contribution in [2.24, 2.45) is 0 Å². The van der Waals surface area contributed by atoms with Crippen LogP contribution in [0.5, 0.6) is 0 Å². The highest BCUT2D eigenvalue weighted by atomic mass is 32.2. The monoisotopic (exact) mass is 302 g/mol. The molecule has 0 saturated carbocycles. The minimum Gasteiger partial charge on any atom is -0.302 e. The van der Waals surface area contributed by atoms with Gasteiger partial charge in [-0.2, -0.15) is 0 Å². The summed E-state index contributed by atoms with van der Waals surface area (Å²) in [4.78, 5) is 2.09. The summed E-state index contributed by atoms with van der Waals surface area (Å²) in [6, 6.07) is 6.33. The van der Waals surface area contributed by atoms with Gasteiger partial charge in [0.25, 0.3) is 0 Å². The van der Waals surface area contributed by atoms with Crippen molar-refractivity contribution in [1.29, 1.82) is 0 Å². The molecule has 114 valence electrons. The zero-order valence-electron chi connectivity index (χ0n) is 12.3. The van der Waals surface area contributed by atoms with Crippen LogP contribution in [0, 0.1) is 5.82 Å². The molecule has 1 aromatic rings. The van der Waals surface area contributed by atoms with E-state index in [0.717, 1.165) is 6.42 Å². The molecular formula is C14H23FN2O2S. The zero-order chi connectivity index (χ0) is 15.2. The molecule has 0 saturated heterocycles. The summed E-state index contributed by atoms with van der Waals surface area (Å²) in [6.07, 6.45) is 1.01. The van der Waals surface area contributed by atoms with E-state index in [1.54, 1.807) is 12.1 Å². The van der Waals surface area contributed by atoms with Crippen LogP contribution < -0.4 is 4.72 Å². The Kier molecular flexibility index (Phi) is 6.58. The van der Waals surface area contributed by atoms with E-state index >= 15 is 0 Å². The smallest absolute Gasteiger partial charge is 0.215 e. The van der Waals surface area contributed by atoms with Gasteiger partial charge < -0.3 is 4.90 Å². The Hall–Kier alpha value is -0.980. The lowest BCUT2D eigenvalue weighted by Gasteiger charge is -2.23. The molecule has 0 aliphatic heterocycles. The van der Waals surface area contributed by atoms with Crippen LogP contribution in [0.2, 0.25) is 0 Å². The van der Waals surface area contributed by atoms with Gasteiger partial charge in [0.1, 0.15) is 5.82 Å². The molecule has 0 heterocycles. The number of sulfonamides is 1. The molecule has 1 unspecified atom stereocenters. The van der Waals surface area contributed by atoms with Crippen molar-refractivity contribution in [2.75, 3.05) is 20.1 Å². The first-order valence-corrected chi connectivity index (χ1v) is 8.42. The van der Waals surface area contributed by atoms with Crippen LogP contribution >= 0.6 is 0 Å². The Balaban J connectivity index is 2.49. The molecule has 6 heteroatoms. The van der Waals surface area contributed by atoms with Gasteiger partial charge in [-0.15, -0.1) is 0 Å². The highest BCUT2D eigenvalue weighted by Gasteiger charge is 2.14. The van der Waals surface area contributed by atoms with Crippen LogP contribution in [0.25, 0.3) is 0 Å². The van der Waals surface area contributed by atoms with Gasteiger partial charge in [-0.25, -0.2) is 17.5 Å². The van der Waals surface area contributed by atoms with E-state index in [1.807, 2.05) is 7.05 Å². The van der Waals surface area contributed by atoms with Crippen molar-refractivity contribution >= 4 is 10.0 Å². The maximum atomic E-state index is 13.4. The molecular weight excluding hydrogens is 279 g/mol. The van der Waals surface area contributed by atoms with Gasteiger partial charge in [-0.1, -0.05) is 25.1 Å². The van der Waals surface area contributed by atoms with Crippen LogP contribution in [0.4, 0.5) is 4.39 Å². The van der Waals surface area contributed by atoms with Gasteiger partial charge in [0.15, 0.2) is 0 Å². The van der Waals surface area contributed by atoms with E-state index in [4.69, 9.17) is 0 Å². The van der Waals surface area contributed by atoms with Crippen molar-refractivity contribution in [2.45, 2.75) is 32.1 Å². The number of halogens is 1. The number of hydrogen-bond donors (Lipinski definition) is 1. The summed E-state index contributed by atoms with van der Waals surface area (Å²) in [5.41, 5.74) is 0.190. The van der Waals surface area contributed by atoms with E-state index in [-0.39, 0.29) is 11.3 Å². The topological polar surface area (TPSA) is 49.4 Å². The lowest BCUT2D eigenvalue weighted by molar-refractivity contribution is 0.256. The summed E-state index contributed by atoms with van der Waals surface area (Å²) in [6.45, 7) is 5.14. The van der Waals surface area contributed by atoms with Gasteiger partial charge in [-0.05, 0) is 26.5 Å². The first-order chi connectivity index (χ1) is 9.35. The normalized spacial score (nSPS) is 13.7. The van der Waals surface area contributed by atoms with Gasteiger partial charge in [0, 0.05) is 24.7 Å². The van der Waals surface area contributed by atoms with Crippen molar-refractivity contribution in [3.05, 3.63) is 35.6 Å². The van der Waals surface area contributed by atoms with Gasteiger partial charge in [0.05, 0.1) is 5.75 Å². The molecule has 1 aromatic carbocycles. The standard InChI is InChI=1S/C14H23FN2O2S/c1-4-12(2)17(3)10-9-16-20(18,19)11-13-7-5-6-8-14(13)15/h5-8,12,16H,4,9-11H2,1-3H3. The zero-order valence-corrected chi connectivity index (χ0v) is 13.1. The predicted octanol–water partition coefficient (Wildman–Crippen LogP) is 1.98. The SMILES string of the molecule is CCC(C)N(C)CCNS(=O)(=O)Cc1ccccc1F. The van der Waals surface area contributed by atoms with Crippen molar-refractivity contribution < 1.29 is 12.8 Å².